The number of unbranched alkanes of at least 4 members (excludes halogenated alkanes) is 4. The van der Waals surface area contributed by atoms with Gasteiger partial charge in [0.15, 0.2) is 0 Å². The quantitative estimate of drug-likeness (QED) is 0.613. The number of benzene rings is 1. The first-order valence-corrected chi connectivity index (χ1v) is 7.70. The Morgan fingerprint density at radius 2 is 1.45 bits per heavy atom. The molecule has 0 saturated heterocycles. The van der Waals surface area contributed by atoms with Crippen LogP contribution in [-0.2, 0) is 22.4 Å². The second kappa shape index (κ2) is 9.82. The van der Waals surface area contributed by atoms with Gasteiger partial charge < -0.3 is 14.9 Å². The van der Waals surface area contributed by atoms with Crippen molar-refractivity contribution in [2.45, 2.75) is 51.9 Å². The fourth-order valence-corrected chi connectivity index (χ4v) is 2.26. The molecule has 1 aromatic rings. The number of hydrogen-bond donors (Lipinski definition) is 2. The van der Waals surface area contributed by atoms with E-state index in [0.717, 1.165) is 12.8 Å². The first-order chi connectivity index (χ1) is 10.5. The molecule has 0 atom stereocenters. The molecular formula is C17H24O5. The van der Waals surface area contributed by atoms with E-state index in [1.165, 1.54) is 19.3 Å². The predicted molar refractivity (Wildman–Crippen MR) is 83.4 cm³/mol. The van der Waals surface area contributed by atoms with Gasteiger partial charge in [0.1, 0.15) is 5.75 Å². The average molecular weight is 308 g/mol. The first-order valence-electron chi connectivity index (χ1n) is 7.70. The van der Waals surface area contributed by atoms with Gasteiger partial charge in [-0.1, -0.05) is 38.7 Å². The third-order valence-electron chi connectivity index (χ3n) is 3.25. The van der Waals surface area contributed by atoms with Crippen LogP contribution in [0.1, 0.15) is 50.2 Å². The lowest BCUT2D eigenvalue weighted by Gasteiger charge is -2.10. The number of rotatable bonds is 11. The zero-order valence-corrected chi connectivity index (χ0v) is 13.0. The van der Waals surface area contributed by atoms with Gasteiger partial charge in [-0.3, -0.25) is 9.59 Å². The normalized spacial score (nSPS) is 10.4. The Balaban J connectivity index is 2.62. The molecule has 0 spiro atoms. The topological polar surface area (TPSA) is 83.8 Å². The summed E-state index contributed by atoms with van der Waals surface area (Å²) in [5.74, 6) is -1.35. The Bertz CT molecular complexity index is 462. The van der Waals surface area contributed by atoms with Crippen LogP contribution in [0.15, 0.2) is 18.2 Å². The van der Waals surface area contributed by atoms with Crippen molar-refractivity contribution in [3.63, 3.8) is 0 Å². The molecule has 5 nitrogen and oxygen atoms in total. The summed E-state index contributed by atoms with van der Waals surface area (Å²) in [5.41, 5.74) is 1.12. The molecular weight excluding hydrogens is 284 g/mol. The van der Waals surface area contributed by atoms with Crippen LogP contribution in [0.5, 0.6) is 5.75 Å². The highest BCUT2D eigenvalue weighted by Gasteiger charge is 2.08. The Kier molecular flexibility index (Phi) is 8.04. The Labute approximate surface area is 130 Å². The SMILES string of the molecule is CCCCCCCOc1cc(CC(=O)O)cc(CC(=O)O)c1. The Hall–Kier alpha value is -2.04. The van der Waals surface area contributed by atoms with Crippen LogP contribution >= 0.6 is 0 Å². The Morgan fingerprint density at radius 3 is 1.95 bits per heavy atom. The molecule has 0 bridgehead atoms. The van der Waals surface area contributed by atoms with Gasteiger partial charge >= 0.3 is 11.9 Å². The van der Waals surface area contributed by atoms with Crippen LogP contribution in [0.4, 0.5) is 0 Å². The molecule has 0 saturated carbocycles. The molecule has 0 amide bonds. The van der Waals surface area contributed by atoms with E-state index in [0.29, 0.717) is 23.5 Å². The molecule has 0 unspecified atom stereocenters. The second-order valence-corrected chi connectivity index (χ2v) is 5.39. The lowest BCUT2D eigenvalue weighted by molar-refractivity contribution is -0.137. The van der Waals surface area contributed by atoms with Crippen molar-refractivity contribution >= 4 is 11.9 Å². The van der Waals surface area contributed by atoms with E-state index in [-0.39, 0.29) is 12.8 Å². The highest BCUT2D eigenvalue weighted by Crippen LogP contribution is 2.19. The van der Waals surface area contributed by atoms with E-state index in [1.54, 1.807) is 18.2 Å². The van der Waals surface area contributed by atoms with Crippen LogP contribution in [-0.4, -0.2) is 28.8 Å². The summed E-state index contributed by atoms with van der Waals surface area (Å²) in [6.07, 6.45) is 5.36. The minimum atomic E-state index is -0.946. The summed E-state index contributed by atoms with van der Waals surface area (Å²) in [6.45, 7) is 2.72. The molecule has 0 heterocycles. The van der Waals surface area contributed by atoms with Gasteiger partial charge in [0.25, 0.3) is 0 Å². The summed E-state index contributed by atoms with van der Waals surface area (Å²) < 4.78 is 5.64. The van der Waals surface area contributed by atoms with E-state index < -0.39 is 11.9 Å². The van der Waals surface area contributed by atoms with E-state index in [2.05, 4.69) is 6.92 Å². The Morgan fingerprint density at radius 1 is 0.909 bits per heavy atom. The van der Waals surface area contributed by atoms with Crippen molar-refractivity contribution in [3.05, 3.63) is 29.3 Å². The van der Waals surface area contributed by atoms with E-state index in [1.807, 2.05) is 0 Å². The molecule has 22 heavy (non-hydrogen) atoms. The largest absolute Gasteiger partial charge is 0.494 e. The molecule has 0 radical (unpaired) electrons. The molecule has 0 aromatic heterocycles. The predicted octanol–water partition coefficient (Wildman–Crippen LogP) is 3.29. The number of carboxylic acids is 2. The van der Waals surface area contributed by atoms with Crippen molar-refractivity contribution in [2.24, 2.45) is 0 Å². The molecule has 122 valence electrons. The van der Waals surface area contributed by atoms with Gasteiger partial charge in [0.05, 0.1) is 19.4 Å². The number of aliphatic carboxylic acids is 2. The summed E-state index contributed by atoms with van der Waals surface area (Å²) >= 11 is 0. The smallest absolute Gasteiger partial charge is 0.307 e. The summed E-state index contributed by atoms with van der Waals surface area (Å²) in [4.78, 5) is 21.6. The van der Waals surface area contributed by atoms with Crippen molar-refractivity contribution in [3.8, 4) is 5.75 Å². The van der Waals surface area contributed by atoms with Gasteiger partial charge in [-0.05, 0) is 29.7 Å². The van der Waals surface area contributed by atoms with Crippen molar-refractivity contribution in [1.82, 2.24) is 0 Å². The molecule has 1 aromatic carbocycles. The summed E-state index contributed by atoms with van der Waals surface area (Å²) in [6, 6.07) is 4.95. The zero-order chi connectivity index (χ0) is 16.4. The number of ether oxygens (including phenoxy) is 1. The molecule has 0 aliphatic carbocycles. The fourth-order valence-electron chi connectivity index (χ4n) is 2.26. The minimum Gasteiger partial charge on any atom is -0.494 e. The third kappa shape index (κ3) is 7.67. The fraction of sp³-hybridized carbons (Fsp3) is 0.529. The van der Waals surface area contributed by atoms with Gasteiger partial charge in [-0.2, -0.15) is 0 Å². The van der Waals surface area contributed by atoms with E-state index >= 15 is 0 Å². The number of carbonyl (C=O) groups is 2. The van der Waals surface area contributed by atoms with Gasteiger partial charge in [-0.15, -0.1) is 0 Å². The minimum absolute atomic E-state index is 0.139. The molecule has 2 N–H and O–H groups in total. The molecule has 5 heteroatoms. The maximum atomic E-state index is 10.8. The van der Waals surface area contributed by atoms with Crippen molar-refractivity contribution in [1.29, 1.82) is 0 Å². The summed E-state index contributed by atoms with van der Waals surface area (Å²) in [5, 5.41) is 17.7. The zero-order valence-electron chi connectivity index (χ0n) is 13.0. The summed E-state index contributed by atoms with van der Waals surface area (Å²) in [7, 11) is 0. The average Bonchev–Trinajstić information content (AvgIpc) is 2.41. The number of hydrogen-bond acceptors (Lipinski definition) is 3. The van der Waals surface area contributed by atoms with Crippen LogP contribution in [0.25, 0.3) is 0 Å². The highest BCUT2D eigenvalue weighted by atomic mass is 16.5. The van der Waals surface area contributed by atoms with E-state index in [4.69, 9.17) is 14.9 Å². The van der Waals surface area contributed by atoms with E-state index in [9.17, 15) is 9.59 Å². The molecule has 0 aliphatic heterocycles. The molecule has 1 rings (SSSR count). The van der Waals surface area contributed by atoms with Crippen molar-refractivity contribution < 1.29 is 24.5 Å². The van der Waals surface area contributed by atoms with Crippen LogP contribution in [0, 0.1) is 0 Å². The van der Waals surface area contributed by atoms with Crippen LogP contribution in [0.3, 0.4) is 0 Å². The van der Waals surface area contributed by atoms with Gasteiger partial charge in [0, 0.05) is 0 Å². The maximum Gasteiger partial charge on any atom is 0.307 e. The standard InChI is InChI=1S/C17H24O5/c1-2-3-4-5-6-7-22-15-9-13(11-16(18)19)8-14(10-15)12-17(20)21/h8-10H,2-7,11-12H2,1H3,(H,18,19)(H,20,21). The monoisotopic (exact) mass is 308 g/mol. The molecule has 0 aliphatic rings. The van der Waals surface area contributed by atoms with Crippen molar-refractivity contribution in [2.75, 3.05) is 6.61 Å². The molecule has 0 fully saturated rings. The van der Waals surface area contributed by atoms with Crippen LogP contribution in [0.2, 0.25) is 0 Å². The second-order valence-electron chi connectivity index (χ2n) is 5.39. The van der Waals surface area contributed by atoms with Crippen LogP contribution < -0.4 is 4.74 Å². The maximum absolute atomic E-state index is 10.8. The first kappa shape index (κ1) is 18.0. The third-order valence-corrected chi connectivity index (χ3v) is 3.25. The number of carboxylic acid groups (broad SMARTS) is 2. The van der Waals surface area contributed by atoms with Gasteiger partial charge in [0.2, 0.25) is 0 Å². The lowest BCUT2D eigenvalue weighted by Crippen LogP contribution is -2.05. The lowest BCUT2D eigenvalue weighted by atomic mass is 10.1. The highest BCUT2D eigenvalue weighted by molar-refractivity contribution is 5.72. The van der Waals surface area contributed by atoms with Gasteiger partial charge in [-0.25, -0.2) is 0 Å².